The highest BCUT2D eigenvalue weighted by Crippen LogP contribution is 2.18. The highest BCUT2D eigenvalue weighted by Gasteiger charge is 2.09. The van der Waals surface area contributed by atoms with Gasteiger partial charge in [-0.05, 0) is 5.56 Å². The van der Waals surface area contributed by atoms with Crippen LogP contribution in [0.15, 0.2) is 30.3 Å². The zero-order valence-corrected chi connectivity index (χ0v) is 10.0. The van der Waals surface area contributed by atoms with Crippen LogP contribution in [0.2, 0.25) is 0 Å². The van der Waals surface area contributed by atoms with Gasteiger partial charge in [0.15, 0.2) is 5.69 Å². The van der Waals surface area contributed by atoms with E-state index in [1.54, 1.807) is 0 Å². The fraction of sp³-hybridized carbons (Fsp3) is 0.100. The number of rotatable bonds is 4. The monoisotopic (exact) mass is 250 g/mol. The van der Waals surface area contributed by atoms with Gasteiger partial charge in [0.05, 0.1) is 0 Å². The SMILES string of the molecule is NC(=S)c1nnsc1NCc1ccccc1. The molecule has 0 spiro atoms. The fourth-order valence-corrected chi connectivity index (χ4v) is 2.03. The van der Waals surface area contributed by atoms with E-state index in [1.165, 1.54) is 17.1 Å². The number of benzene rings is 1. The Labute approximate surface area is 103 Å². The molecule has 0 saturated carbocycles. The molecule has 0 unspecified atom stereocenters. The van der Waals surface area contributed by atoms with Crippen molar-refractivity contribution in [2.75, 3.05) is 5.32 Å². The van der Waals surface area contributed by atoms with E-state index in [0.29, 0.717) is 12.2 Å². The van der Waals surface area contributed by atoms with Gasteiger partial charge in [-0.15, -0.1) is 5.10 Å². The van der Waals surface area contributed by atoms with E-state index >= 15 is 0 Å². The van der Waals surface area contributed by atoms with Crippen molar-refractivity contribution in [3.63, 3.8) is 0 Å². The van der Waals surface area contributed by atoms with E-state index in [2.05, 4.69) is 14.9 Å². The molecule has 1 heterocycles. The van der Waals surface area contributed by atoms with Crippen LogP contribution in [0.4, 0.5) is 5.00 Å². The quantitative estimate of drug-likeness (QED) is 0.810. The molecule has 0 saturated heterocycles. The lowest BCUT2D eigenvalue weighted by Gasteiger charge is -2.04. The van der Waals surface area contributed by atoms with E-state index < -0.39 is 0 Å². The molecule has 2 aromatic rings. The molecule has 0 fully saturated rings. The topological polar surface area (TPSA) is 63.8 Å². The van der Waals surface area contributed by atoms with Gasteiger partial charge in [0.25, 0.3) is 0 Å². The van der Waals surface area contributed by atoms with Gasteiger partial charge in [0.2, 0.25) is 0 Å². The van der Waals surface area contributed by atoms with E-state index in [9.17, 15) is 0 Å². The molecular formula is C10H10N4S2. The summed E-state index contributed by atoms with van der Waals surface area (Å²) in [6.45, 7) is 0.709. The number of anilines is 1. The van der Waals surface area contributed by atoms with Gasteiger partial charge >= 0.3 is 0 Å². The first kappa shape index (κ1) is 11.0. The van der Waals surface area contributed by atoms with Crippen molar-refractivity contribution in [2.45, 2.75) is 6.54 Å². The molecule has 1 aromatic heterocycles. The molecular weight excluding hydrogens is 240 g/mol. The summed E-state index contributed by atoms with van der Waals surface area (Å²) in [7, 11) is 0. The predicted molar refractivity (Wildman–Crippen MR) is 69.6 cm³/mol. The highest BCUT2D eigenvalue weighted by molar-refractivity contribution is 7.80. The lowest BCUT2D eigenvalue weighted by Crippen LogP contribution is -2.12. The van der Waals surface area contributed by atoms with E-state index in [0.717, 1.165) is 5.00 Å². The minimum Gasteiger partial charge on any atom is -0.388 e. The molecule has 3 N–H and O–H groups in total. The normalized spacial score (nSPS) is 10.0. The summed E-state index contributed by atoms with van der Waals surface area (Å²) in [5.74, 6) is 0. The van der Waals surface area contributed by atoms with Gasteiger partial charge in [0.1, 0.15) is 9.99 Å². The summed E-state index contributed by atoms with van der Waals surface area (Å²) in [6, 6.07) is 10.1. The predicted octanol–water partition coefficient (Wildman–Crippen LogP) is 1.78. The van der Waals surface area contributed by atoms with Crippen LogP contribution in [0.5, 0.6) is 0 Å². The summed E-state index contributed by atoms with van der Waals surface area (Å²) in [5, 5.41) is 7.90. The highest BCUT2D eigenvalue weighted by atomic mass is 32.1. The second-order valence-corrected chi connectivity index (χ2v) is 4.35. The smallest absolute Gasteiger partial charge is 0.156 e. The van der Waals surface area contributed by atoms with Crippen molar-refractivity contribution < 1.29 is 0 Å². The number of nitrogens with one attached hydrogen (secondary N) is 1. The van der Waals surface area contributed by atoms with Gasteiger partial charge in [-0.2, -0.15) is 0 Å². The van der Waals surface area contributed by atoms with Crippen LogP contribution in [-0.4, -0.2) is 14.6 Å². The first-order chi connectivity index (χ1) is 7.77. The zero-order chi connectivity index (χ0) is 11.4. The number of nitrogens with zero attached hydrogens (tertiary/aromatic N) is 2. The summed E-state index contributed by atoms with van der Waals surface area (Å²) < 4.78 is 3.82. The molecule has 16 heavy (non-hydrogen) atoms. The van der Waals surface area contributed by atoms with Gasteiger partial charge in [0, 0.05) is 18.1 Å². The maximum Gasteiger partial charge on any atom is 0.156 e. The molecule has 4 nitrogen and oxygen atoms in total. The zero-order valence-electron chi connectivity index (χ0n) is 8.38. The third-order valence-corrected chi connectivity index (χ3v) is 2.89. The molecule has 1 aromatic carbocycles. The summed E-state index contributed by atoms with van der Waals surface area (Å²) in [6.07, 6.45) is 0. The summed E-state index contributed by atoms with van der Waals surface area (Å²) in [5.41, 5.74) is 7.27. The van der Waals surface area contributed by atoms with Crippen molar-refractivity contribution >= 4 is 33.7 Å². The molecule has 0 aliphatic carbocycles. The van der Waals surface area contributed by atoms with Crippen LogP contribution in [0, 0.1) is 0 Å². The van der Waals surface area contributed by atoms with Crippen LogP contribution < -0.4 is 11.1 Å². The standard InChI is InChI=1S/C10H10N4S2/c11-9(15)8-10(16-14-13-8)12-6-7-4-2-1-3-5-7/h1-5,12H,6H2,(H2,11,15). The second-order valence-electron chi connectivity index (χ2n) is 3.15. The molecule has 82 valence electrons. The third kappa shape index (κ3) is 2.53. The van der Waals surface area contributed by atoms with Crippen molar-refractivity contribution in [3.8, 4) is 0 Å². The number of thiocarbonyl (C=S) groups is 1. The Morgan fingerprint density at radius 2 is 2.12 bits per heavy atom. The van der Waals surface area contributed by atoms with Crippen LogP contribution in [0.3, 0.4) is 0 Å². The van der Waals surface area contributed by atoms with E-state index in [-0.39, 0.29) is 4.99 Å². The number of nitrogens with two attached hydrogens (primary N) is 1. The first-order valence-corrected chi connectivity index (χ1v) is 5.85. The molecule has 0 aliphatic rings. The molecule has 0 aliphatic heterocycles. The minimum absolute atomic E-state index is 0.268. The van der Waals surface area contributed by atoms with Gasteiger partial charge in [-0.3, -0.25) is 0 Å². The molecule has 2 rings (SSSR count). The van der Waals surface area contributed by atoms with E-state index in [4.69, 9.17) is 18.0 Å². The Balaban J connectivity index is 2.05. The van der Waals surface area contributed by atoms with Crippen LogP contribution in [0.1, 0.15) is 11.3 Å². The Hall–Kier alpha value is -1.53. The van der Waals surface area contributed by atoms with Gasteiger partial charge in [-0.25, -0.2) is 0 Å². The van der Waals surface area contributed by atoms with Crippen molar-refractivity contribution in [1.29, 1.82) is 0 Å². The van der Waals surface area contributed by atoms with E-state index in [1.807, 2.05) is 30.3 Å². The maximum atomic E-state index is 5.52. The maximum absolute atomic E-state index is 5.52. The first-order valence-electron chi connectivity index (χ1n) is 4.67. The Bertz CT molecular complexity index is 481. The summed E-state index contributed by atoms with van der Waals surface area (Å²) in [4.78, 5) is 0.268. The molecule has 0 bridgehead atoms. The average Bonchev–Trinajstić information content (AvgIpc) is 2.76. The van der Waals surface area contributed by atoms with Crippen LogP contribution >= 0.6 is 23.8 Å². The number of aromatic nitrogens is 2. The number of hydrogen-bond acceptors (Lipinski definition) is 5. The molecule has 0 atom stereocenters. The Morgan fingerprint density at radius 1 is 1.38 bits per heavy atom. The largest absolute Gasteiger partial charge is 0.388 e. The van der Waals surface area contributed by atoms with Crippen molar-refractivity contribution in [2.24, 2.45) is 5.73 Å². The average molecular weight is 250 g/mol. The fourth-order valence-electron chi connectivity index (χ4n) is 1.25. The van der Waals surface area contributed by atoms with Crippen LogP contribution in [0.25, 0.3) is 0 Å². The van der Waals surface area contributed by atoms with Gasteiger partial charge < -0.3 is 11.1 Å². The third-order valence-electron chi connectivity index (χ3n) is 2.02. The lowest BCUT2D eigenvalue weighted by atomic mass is 10.2. The lowest BCUT2D eigenvalue weighted by molar-refractivity contribution is 1.12. The van der Waals surface area contributed by atoms with Crippen molar-refractivity contribution in [3.05, 3.63) is 41.6 Å². The Kier molecular flexibility index (Phi) is 3.43. The molecule has 0 amide bonds. The van der Waals surface area contributed by atoms with Crippen LogP contribution in [-0.2, 0) is 6.54 Å². The summed E-state index contributed by atoms with van der Waals surface area (Å²) >= 11 is 6.13. The Morgan fingerprint density at radius 3 is 2.81 bits per heavy atom. The minimum atomic E-state index is 0.268. The van der Waals surface area contributed by atoms with Gasteiger partial charge in [-0.1, -0.05) is 47.0 Å². The number of hydrogen-bond donors (Lipinski definition) is 2. The molecule has 0 radical (unpaired) electrons. The molecule has 6 heteroatoms. The van der Waals surface area contributed by atoms with Crippen molar-refractivity contribution in [1.82, 2.24) is 9.59 Å². The second kappa shape index (κ2) is 5.00.